The molecule has 1 aliphatic rings. The Balaban J connectivity index is 1.87. The van der Waals surface area contributed by atoms with E-state index in [-0.39, 0.29) is 6.10 Å². The van der Waals surface area contributed by atoms with Crippen LogP contribution >= 0.6 is 11.6 Å². The Morgan fingerprint density at radius 1 is 1.05 bits per heavy atom. The minimum absolute atomic E-state index is 0.259. The van der Waals surface area contributed by atoms with E-state index in [0.29, 0.717) is 11.0 Å². The largest absolute Gasteiger partial charge is 0.473 e. The summed E-state index contributed by atoms with van der Waals surface area (Å²) in [6.07, 6.45) is 4.91. The van der Waals surface area contributed by atoms with Gasteiger partial charge in [0.05, 0.1) is 0 Å². The van der Waals surface area contributed by atoms with Gasteiger partial charge in [-0.1, -0.05) is 36.7 Å². The van der Waals surface area contributed by atoms with Crippen LogP contribution in [0.15, 0.2) is 24.3 Å². The first kappa shape index (κ1) is 12.7. The molecule has 1 heterocycles. The Kier molecular flexibility index (Phi) is 3.56. The van der Waals surface area contributed by atoms with Crippen molar-refractivity contribution in [2.24, 2.45) is 5.92 Å². The van der Waals surface area contributed by atoms with E-state index >= 15 is 0 Å². The number of nitrogens with zero attached hydrogens (tertiary/aromatic N) is 2. The highest BCUT2D eigenvalue weighted by Crippen LogP contribution is 2.31. The molecule has 4 heteroatoms. The van der Waals surface area contributed by atoms with E-state index in [2.05, 4.69) is 17.1 Å². The average Bonchev–Trinajstić information content (AvgIpc) is 2.45. The lowest BCUT2D eigenvalue weighted by molar-refractivity contribution is 0.131. The molecule has 0 radical (unpaired) electrons. The van der Waals surface area contributed by atoms with Gasteiger partial charge in [-0.15, -0.1) is 10.2 Å². The lowest BCUT2D eigenvalue weighted by Crippen LogP contribution is -2.23. The molecule has 0 unspecified atom stereocenters. The third kappa shape index (κ3) is 2.66. The van der Waals surface area contributed by atoms with Crippen LogP contribution in [0.1, 0.15) is 32.6 Å². The highest BCUT2D eigenvalue weighted by molar-refractivity contribution is 6.34. The summed E-state index contributed by atoms with van der Waals surface area (Å²) in [5, 5.41) is 10.4. The van der Waals surface area contributed by atoms with Crippen molar-refractivity contribution >= 4 is 22.4 Å². The van der Waals surface area contributed by atoms with Gasteiger partial charge in [0.2, 0.25) is 5.88 Å². The fourth-order valence-corrected chi connectivity index (χ4v) is 2.84. The topological polar surface area (TPSA) is 35.0 Å². The average molecular weight is 277 g/mol. The van der Waals surface area contributed by atoms with Crippen molar-refractivity contribution in [2.75, 3.05) is 0 Å². The van der Waals surface area contributed by atoms with Crippen molar-refractivity contribution in [1.29, 1.82) is 0 Å². The molecule has 0 atom stereocenters. The first-order valence-corrected chi connectivity index (χ1v) is 7.19. The van der Waals surface area contributed by atoms with E-state index < -0.39 is 0 Å². The Morgan fingerprint density at radius 2 is 1.74 bits per heavy atom. The number of halogens is 1. The van der Waals surface area contributed by atoms with Crippen LogP contribution < -0.4 is 4.74 Å². The van der Waals surface area contributed by atoms with Crippen LogP contribution in [0.5, 0.6) is 5.88 Å². The van der Waals surface area contributed by atoms with Crippen molar-refractivity contribution in [1.82, 2.24) is 10.2 Å². The standard InChI is InChI=1S/C15H17ClN2O/c1-10-6-8-11(9-7-10)19-15-13-5-3-2-4-12(13)14(16)17-18-15/h2-5,10-11H,6-9H2,1H3. The van der Waals surface area contributed by atoms with E-state index in [1.165, 1.54) is 12.8 Å². The molecule has 1 saturated carbocycles. The molecule has 2 aromatic rings. The van der Waals surface area contributed by atoms with Gasteiger partial charge in [0, 0.05) is 10.8 Å². The first-order valence-electron chi connectivity index (χ1n) is 6.81. The SMILES string of the molecule is CC1CCC(Oc2nnc(Cl)c3ccccc23)CC1. The van der Waals surface area contributed by atoms with Gasteiger partial charge in [-0.05, 0) is 37.7 Å². The lowest BCUT2D eigenvalue weighted by atomic mass is 9.89. The monoisotopic (exact) mass is 276 g/mol. The van der Waals surface area contributed by atoms with Gasteiger partial charge in [-0.2, -0.15) is 0 Å². The molecule has 0 amide bonds. The number of ether oxygens (including phenoxy) is 1. The highest BCUT2D eigenvalue weighted by atomic mass is 35.5. The molecule has 0 spiro atoms. The minimum atomic E-state index is 0.259. The summed E-state index contributed by atoms with van der Waals surface area (Å²) in [5.74, 6) is 1.42. The normalized spacial score (nSPS) is 23.5. The molecule has 19 heavy (non-hydrogen) atoms. The van der Waals surface area contributed by atoms with Crippen LogP contribution in [0.4, 0.5) is 0 Å². The third-order valence-corrected chi connectivity index (χ3v) is 4.13. The lowest BCUT2D eigenvalue weighted by Gasteiger charge is -2.26. The van der Waals surface area contributed by atoms with Crippen molar-refractivity contribution in [2.45, 2.75) is 38.7 Å². The maximum atomic E-state index is 6.06. The zero-order chi connectivity index (χ0) is 13.2. The molecule has 3 rings (SSSR count). The van der Waals surface area contributed by atoms with E-state index in [9.17, 15) is 0 Å². The highest BCUT2D eigenvalue weighted by Gasteiger charge is 2.21. The van der Waals surface area contributed by atoms with E-state index in [1.807, 2.05) is 24.3 Å². The molecule has 1 aromatic carbocycles. The zero-order valence-electron chi connectivity index (χ0n) is 11.0. The quantitative estimate of drug-likeness (QED) is 0.823. The predicted molar refractivity (Wildman–Crippen MR) is 76.6 cm³/mol. The molecule has 0 bridgehead atoms. The van der Waals surface area contributed by atoms with Gasteiger partial charge in [-0.25, -0.2) is 0 Å². The molecule has 100 valence electrons. The molecule has 0 N–H and O–H groups in total. The fourth-order valence-electron chi connectivity index (χ4n) is 2.64. The van der Waals surface area contributed by atoms with E-state index in [4.69, 9.17) is 16.3 Å². The molecule has 1 fully saturated rings. The minimum Gasteiger partial charge on any atom is -0.473 e. The molecule has 0 aliphatic heterocycles. The summed E-state index contributed by atoms with van der Waals surface area (Å²) in [5.41, 5.74) is 0. The third-order valence-electron chi connectivity index (χ3n) is 3.85. The smallest absolute Gasteiger partial charge is 0.241 e. The second-order valence-electron chi connectivity index (χ2n) is 5.34. The van der Waals surface area contributed by atoms with Crippen LogP contribution in [-0.4, -0.2) is 16.3 Å². The number of hydrogen-bond acceptors (Lipinski definition) is 3. The van der Waals surface area contributed by atoms with Crippen molar-refractivity contribution in [3.05, 3.63) is 29.4 Å². The van der Waals surface area contributed by atoms with E-state index in [0.717, 1.165) is 29.5 Å². The molecule has 3 nitrogen and oxygen atoms in total. The summed E-state index contributed by atoms with van der Waals surface area (Å²) in [6, 6.07) is 7.84. The number of rotatable bonds is 2. The maximum Gasteiger partial charge on any atom is 0.241 e. The van der Waals surface area contributed by atoms with E-state index in [1.54, 1.807) is 0 Å². The number of fused-ring (bicyclic) bond motifs is 1. The maximum absolute atomic E-state index is 6.06. The van der Waals surface area contributed by atoms with Gasteiger partial charge in [0.15, 0.2) is 5.15 Å². The molecule has 1 aromatic heterocycles. The summed E-state index contributed by atoms with van der Waals surface area (Å²) in [4.78, 5) is 0. The number of hydrogen-bond donors (Lipinski definition) is 0. The number of aromatic nitrogens is 2. The van der Waals surface area contributed by atoms with Crippen LogP contribution in [0, 0.1) is 5.92 Å². The molecule has 0 saturated heterocycles. The van der Waals surface area contributed by atoms with Gasteiger partial charge >= 0.3 is 0 Å². The van der Waals surface area contributed by atoms with Gasteiger partial charge < -0.3 is 4.74 Å². The van der Waals surface area contributed by atoms with Crippen molar-refractivity contribution in [3.63, 3.8) is 0 Å². The summed E-state index contributed by atoms with van der Waals surface area (Å²) < 4.78 is 6.04. The second kappa shape index (κ2) is 5.33. The summed E-state index contributed by atoms with van der Waals surface area (Å²) in [6.45, 7) is 2.30. The van der Waals surface area contributed by atoms with Gasteiger partial charge in [0.1, 0.15) is 6.10 Å². The van der Waals surface area contributed by atoms with Crippen LogP contribution in [0.25, 0.3) is 10.8 Å². The van der Waals surface area contributed by atoms with Crippen molar-refractivity contribution < 1.29 is 4.74 Å². The van der Waals surface area contributed by atoms with Crippen LogP contribution in [-0.2, 0) is 0 Å². The molecular formula is C15H17ClN2O. The Bertz CT molecular complexity index is 579. The zero-order valence-corrected chi connectivity index (χ0v) is 11.7. The van der Waals surface area contributed by atoms with Crippen molar-refractivity contribution in [3.8, 4) is 5.88 Å². The fraction of sp³-hybridized carbons (Fsp3) is 0.467. The van der Waals surface area contributed by atoms with Crippen LogP contribution in [0.2, 0.25) is 5.15 Å². The second-order valence-corrected chi connectivity index (χ2v) is 5.70. The Morgan fingerprint density at radius 3 is 2.47 bits per heavy atom. The molecule has 1 aliphatic carbocycles. The number of benzene rings is 1. The molecular weight excluding hydrogens is 260 g/mol. The summed E-state index contributed by atoms with van der Waals surface area (Å²) >= 11 is 6.06. The Labute approximate surface area is 117 Å². The summed E-state index contributed by atoms with van der Waals surface area (Å²) in [7, 11) is 0. The predicted octanol–water partition coefficient (Wildman–Crippen LogP) is 4.24. The van der Waals surface area contributed by atoms with Gasteiger partial charge in [-0.3, -0.25) is 0 Å². The van der Waals surface area contributed by atoms with Gasteiger partial charge in [0.25, 0.3) is 0 Å². The Hall–Kier alpha value is -1.35. The van der Waals surface area contributed by atoms with Crippen LogP contribution in [0.3, 0.4) is 0 Å². The first-order chi connectivity index (χ1) is 9.24.